The summed E-state index contributed by atoms with van der Waals surface area (Å²) in [6, 6.07) is 19.6. The van der Waals surface area contributed by atoms with E-state index < -0.39 is 0 Å². The number of aromatic nitrogens is 2. The van der Waals surface area contributed by atoms with Gasteiger partial charge in [0.1, 0.15) is 5.69 Å². The first kappa shape index (κ1) is 19.8. The number of anilines is 1. The maximum Gasteiger partial charge on any atom is 0.270 e. The van der Waals surface area contributed by atoms with Crippen molar-refractivity contribution in [1.82, 2.24) is 15.3 Å². The van der Waals surface area contributed by atoms with Crippen LogP contribution in [0.3, 0.4) is 0 Å². The van der Waals surface area contributed by atoms with Gasteiger partial charge in [-0.25, -0.2) is 9.97 Å². The first-order valence-electron chi connectivity index (χ1n) is 9.34. The highest BCUT2D eigenvalue weighted by molar-refractivity contribution is 6.30. The van der Waals surface area contributed by atoms with E-state index >= 15 is 0 Å². The van der Waals surface area contributed by atoms with Gasteiger partial charge in [-0.15, -0.1) is 0 Å². The first-order valence-corrected chi connectivity index (χ1v) is 9.72. The normalized spacial score (nSPS) is 10.5. The Morgan fingerprint density at radius 3 is 2.57 bits per heavy atom. The summed E-state index contributed by atoms with van der Waals surface area (Å²) in [5.74, 6) is 0.257. The highest BCUT2D eigenvalue weighted by Gasteiger charge is 2.08. The summed E-state index contributed by atoms with van der Waals surface area (Å²) >= 11 is 5.98. The maximum atomic E-state index is 12.3. The second-order valence-corrected chi connectivity index (χ2v) is 6.85. The molecular formula is C22H23ClN4O. The number of carbonyl (C=O) groups excluding carboxylic acids is 1. The third-order valence-electron chi connectivity index (χ3n) is 4.24. The Labute approximate surface area is 170 Å². The monoisotopic (exact) mass is 394 g/mol. The lowest BCUT2D eigenvalue weighted by Gasteiger charge is -2.08. The zero-order chi connectivity index (χ0) is 19.6. The third kappa shape index (κ3) is 6.35. The summed E-state index contributed by atoms with van der Waals surface area (Å²) < 4.78 is 0. The minimum absolute atomic E-state index is 0.211. The van der Waals surface area contributed by atoms with Crippen LogP contribution in [0.15, 0.2) is 66.9 Å². The lowest BCUT2D eigenvalue weighted by atomic mass is 10.1. The number of nitrogens with zero attached hydrogens (tertiary/aromatic N) is 2. The standard InChI is InChI=1S/C22H23ClN4O/c23-19-10-4-8-18(16-19)11-14-24-21(28)20-12-15-26-22(27-20)25-13-5-9-17-6-2-1-3-7-17/h1-4,6-8,10,12,15-16H,5,9,11,13-14H2,(H,24,28)(H,25,26,27). The average Bonchev–Trinajstić information content (AvgIpc) is 2.72. The Balaban J connectivity index is 1.43. The van der Waals surface area contributed by atoms with Gasteiger partial charge in [0, 0.05) is 24.3 Å². The molecule has 0 bridgehead atoms. The Morgan fingerprint density at radius 2 is 1.75 bits per heavy atom. The smallest absolute Gasteiger partial charge is 0.270 e. The van der Waals surface area contributed by atoms with Crippen LogP contribution in [-0.4, -0.2) is 29.0 Å². The van der Waals surface area contributed by atoms with Crippen molar-refractivity contribution in [2.45, 2.75) is 19.3 Å². The van der Waals surface area contributed by atoms with Gasteiger partial charge in [-0.05, 0) is 48.6 Å². The van der Waals surface area contributed by atoms with E-state index in [1.165, 1.54) is 5.56 Å². The van der Waals surface area contributed by atoms with Gasteiger partial charge in [0.05, 0.1) is 0 Å². The van der Waals surface area contributed by atoms with Gasteiger partial charge in [-0.3, -0.25) is 4.79 Å². The largest absolute Gasteiger partial charge is 0.354 e. The number of amides is 1. The summed E-state index contributed by atoms with van der Waals surface area (Å²) in [5.41, 5.74) is 2.74. The first-order chi connectivity index (χ1) is 13.7. The predicted molar refractivity (Wildman–Crippen MR) is 113 cm³/mol. The highest BCUT2D eigenvalue weighted by Crippen LogP contribution is 2.11. The van der Waals surface area contributed by atoms with Crippen molar-refractivity contribution in [3.05, 3.63) is 88.7 Å². The van der Waals surface area contributed by atoms with Crippen LogP contribution in [0.4, 0.5) is 5.95 Å². The number of hydrogen-bond acceptors (Lipinski definition) is 4. The number of aryl methyl sites for hydroxylation is 1. The molecule has 0 fully saturated rings. The van der Waals surface area contributed by atoms with E-state index in [1.54, 1.807) is 12.3 Å². The molecule has 3 rings (SSSR count). The lowest BCUT2D eigenvalue weighted by Crippen LogP contribution is -2.27. The molecule has 1 amide bonds. The number of rotatable bonds is 9. The molecular weight excluding hydrogens is 372 g/mol. The van der Waals surface area contributed by atoms with Crippen molar-refractivity contribution >= 4 is 23.5 Å². The fourth-order valence-corrected chi connectivity index (χ4v) is 3.02. The number of carbonyl (C=O) groups is 1. The van der Waals surface area contributed by atoms with E-state index in [4.69, 9.17) is 11.6 Å². The Bertz CT molecular complexity index is 902. The zero-order valence-corrected chi connectivity index (χ0v) is 16.3. The van der Waals surface area contributed by atoms with Crippen LogP contribution in [0, 0.1) is 0 Å². The zero-order valence-electron chi connectivity index (χ0n) is 15.6. The minimum Gasteiger partial charge on any atom is -0.354 e. The molecule has 0 aliphatic carbocycles. The van der Waals surface area contributed by atoms with Crippen molar-refractivity contribution < 1.29 is 4.79 Å². The molecule has 0 saturated carbocycles. The molecule has 144 valence electrons. The Morgan fingerprint density at radius 1 is 0.929 bits per heavy atom. The molecule has 2 N–H and O–H groups in total. The predicted octanol–water partition coefficient (Wildman–Crippen LogP) is 4.15. The highest BCUT2D eigenvalue weighted by atomic mass is 35.5. The van der Waals surface area contributed by atoms with Crippen LogP contribution in [0.2, 0.25) is 5.02 Å². The van der Waals surface area contributed by atoms with Crippen molar-refractivity contribution in [2.24, 2.45) is 0 Å². The molecule has 0 aliphatic heterocycles. The molecule has 0 spiro atoms. The van der Waals surface area contributed by atoms with Gasteiger partial charge in [0.2, 0.25) is 5.95 Å². The third-order valence-corrected chi connectivity index (χ3v) is 4.48. The van der Waals surface area contributed by atoms with Gasteiger partial charge in [0.25, 0.3) is 5.91 Å². The molecule has 0 unspecified atom stereocenters. The van der Waals surface area contributed by atoms with Crippen LogP contribution in [0.1, 0.15) is 28.0 Å². The van der Waals surface area contributed by atoms with Crippen LogP contribution in [-0.2, 0) is 12.8 Å². The van der Waals surface area contributed by atoms with E-state index in [9.17, 15) is 4.79 Å². The average molecular weight is 395 g/mol. The summed E-state index contributed by atoms with van der Waals surface area (Å²) in [6.45, 7) is 1.26. The number of benzene rings is 2. The number of halogens is 1. The minimum atomic E-state index is -0.211. The van der Waals surface area contributed by atoms with Crippen LogP contribution >= 0.6 is 11.6 Å². The molecule has 1 aromatic heterocycles. The van der Waals surface area contributed by atoms with E-state index in [2.05, 4.69) is 32.7 Å². The van der Waals surface area contributed by atoms with Gasteiger partial charge in [0.15, 0.2) is 0 Å². The molecule has 0 saturated heterocycles. The van der Waals surface area contributed by atoms with Gasteiger partial charge >= 0.3 is 0 Å². The summed E-state index contributed by atoms with van der Waals surface area (Å²) in [6.07, 6.45) is 4.25. The summed E-state index contributed by atoms with van der Waals surface area (Å²) in [4.78, 5) is 20.8. The number of hydrogen-bond donors (Lipinski definition) is 2. The lowest BCUT2D eigenvalue weighted by molar-refractivity contribution is 0.0949. The second-order valence-electron chi connectivity index (χ2n) is 6.42. The van der Waals surface area contributed by atoms with E-state index in [0.717, 1.165) is 24.9 Å². The molecule has 3 aromatic rings. The van der Waals surface area contributed by atoms with Crippen LogP contribution in [0.25, 0.3) is 0 Å². The topological polar surface area (TPSA) is 66.9 Å². The van der Waals surface area contributed by atoms with Crippen LogP contribution in [0.5, 0.6) is 0 Å². The molecule has 6 heteroatoms. The van der Waals surface area contributed by atoms with Crippen molar-refractivity contribution in [3.63, 3.8) is 0 Å². The maximum absolute atomic E-state index is 12.3. The van der Waals surface area contributed by atoms with Gasteiger partial charge < -0.3 is 10.6 Å². The van der Waals surface area contributed by atoms with E-state index in [-0.39, 0.29) is 5.91 Å². The quantitative estimate of drug-likeness (QED) is 0.535. The second kappa shape index (κ2) is 10.4. The van der Waals surface area contributed by atoms with E-state index in [1.807, 2.05) is 42.5 Å². The SMILES string of the molecule is O=C(NCCc1cccc(Cl)c1)c1ccnc(NCCCc2ccccc2)n1. The fourth-order valence-electron chi connectivity index (χ4n) is 2.81. The fraction of sp³-hybridized carbons (Fsp3) is 0.227. The van der Waals surface area contributed by atoms with Gasteiger partial charge in [-0.2, -0.15) is 0 Å². The van der Waals surface area contributed by atoms with Crippen LogP contribution < -0.4 is 10.6 Å². The molecule has 28 heavy (non-hydrogen) atoms. The van der Waals surface area contributed by atoms with Crippen molar-refractivity contribution in [3.8, 4) is 0 Å². The Kier molecular flexibility index (Phi) is 7.38. The molecule has 5 nitrogen and oxygen atoms in total. The summed E-state index contributed by atoms with van der Waals surface area (Å²) in [5, 5.41) is 6.76. The molecule has 0 aliphatic rings. The molecule has 0 radical (unpaired) electrons. The molecule has 1 heterocycles. The molecule has 2 aromatic carbocycles. The van der Waals surface area contributed by atoms with Crippen molar-refractivity contribution in [1.29, 1.82) is 0 Å². The van der Waals surface area contributed by atoms with E-state index in [0.29, 0.717) is 29.6 Å². The molecule has 0 atom stereocenters. The Hall–Kier alpha value is -2.92. The van der Waals surface area contributed by atoms with Crippen molar-refractivity contribution in [2.75, 3.05) is 18.4 Å². The van der Waals surface area contributed by atoms with Gasteiger partial charge in [-0.1, -0.05) is 54.1 Å². The number of nitrogens with one attached hydrogen (secondary N) is 2. The summed E-state index contributed by atoms with van der Waals surface area (Å²) in [7, 11) is 0.